The first-order chi connectivity index (χ1) is 7.77. The summed E-state index contributed by atoms with van der Waals surface area (Å²) >= 11 is 0. The van der Waals surface area contributed by atoms with E-state index in [1.54, 1.807) is 0 Å². The summed E-state index contributed by atoms with van der Waals surface area (Å²) in [6.07, 6.45) is 5.22. The molecule has 0 radical (unpaired) electrons. The average Bonchev–Trinajstić information content (AvgIpc) is 2.68. The first-order valence-electron chi connectivity index (χ1n) is 6.17. The standard InChI is InChI=1S/C12H24N4/c1-3-9-16(10-4-7-13)11-6-12-5-8-14-15(12)2/h5,8H,3-4,6-7,9-11,13H2,1-2H3. The van der Waals surface area contributed by atoms with E-state index in [0.717, 1.165) is 39.0 Å². The van der Waals surface area contributed by atoms with Crippen molar-refractivity contribution in [2.24, 2.45) is 12.8 Å². The summed E-state index contributed by atoms with van der Waals surface area (Å²) in [5.41, 5.74) is 6.85. The van der Waals surface area contributed by atoms with Crippen LogP contribution in [0.5, 0.6) is 0 Å². The molecule has 1 heterocycles. The van der Waals surface area contributed by atoms with Crippen molar-refractivity contribution in [3.05, 3.63) is 18.0 Å². The molecule has 4 heteroatoms. The summed E-state index contributed by atoms with van der Waals surface area (Å²) in [7, 11) is 2.00. The fraction of sp³-hybridized carbons (Fsp3) is 0.750. The minimum absolute atomic E-state index is 0.784. The highest BCUT2D eigenvalue weighted by molar-refractivity contribution is 5.00. The molecule has 0 unspecified atom stereocenters. The largest absolute Gasteiger partial charge is 0.330 e. The maximum atomic E-state index is 5.55. The smallest absolute Gasteiger partial charge is 0.0492 e. The highest BCUT2D eigenvalue weighted by Crippen LogP contribution is 2.01. The maximum absolute atomic E-state index is 5.55. The molecular formula is C12H24N4. The normalized spacial score (nSPS) is 11.2. The van der Waals surface area contributed by atoms with Crippen LogP contribution in [0.25, 0.3) is 0 Å². The van der Waals surface area contributed by atoms with Gasteiger partial charge in [0.25, 0.3) is 0 Å². The van der Waals surface area contributed by atoms with Gasteiger partial charge in [-0.15, -0.1) is 0 Å². The van der Waals surface area contributed by atoms with Crippen LogP contribution >= 0.6 is 0 Å². The Bertz CT molecular complexity index is 282. The molecule has 1 aromatic rings. The molecule has 0 atom stereocenters. The maximum Gasteiger partial charge on any atom is 0.0492 e. The van der Waals surface area contributed by atoms with Crippen LogP contribution in [-0.4, -0.2) is 40.9 Å². The van der Waals surface area contributed by atoms with Crippen molar-refractivity contribution < 1.29 is 0 Å². The van der Waals surface area contributed by atoms with E-state index in [1.807, 2.05) is 17.9 Å². The summed E-state index contributed by atoms with van der Waals surface area (Å²) in [5.74, 6) is 0. The lowest BCUT2D eigenvalue weighted by molar-refractivity contribution is 0.274. The van der Waals surface area contributed by atoms with Crippen molar-refractivity contribution in [1.29, 1.82) is 0 Å². The Morgan fingerprint density at radius 1 is 1.38 bits per heavy atom. The third-order valence-corrected chi connectivity index (χ3v) is 2.82. The Hall–Kier alpha value is -0.870. The fourth-order valence-electron chi connectivity index (χ4n) is 1.89. The summed E-state index contributed by atoms with van der Waals surface area (Å²) < 4.78 is 1.95. The lowest BCUT2D eigenvalue weighted by Crippen LogP contribution is -2.29. The van der Waals surface area contributed by atoms with Gasteiger partial charge in [-0.2, -0.15) is 5.10 Å². The lowest BCUT2D eigenvalue weighted by atomic mass is 10.2. The number of nitrogens with two attached hydrogens (primary N) is 1. The molecule has 0 saturated carbocycles. The van der Waals surface area contributed by atoms with Crippen LogP contribution in [0.2, 0.25) is 0 Å². The fourth-order valence-corrected chi connectivity index (χ4v) is 1.89. The zero-order chi connectivity index (χ0) is 11.8. The van der Waals surface area contributed by atoms with Gasteiger partial charge in [0.2, 0.25) is 0 Å². The third kappa shape index (κ3) is 4.33. The van der Waals surface area contributed by atoms with E-state index in [0.29, 0.717) is 0 Å². The highest BCUT2D eigenvalue weighted by atomic mass is 15.3. The molecule has 1 rings (SSSR count). The monoisotopic (exact) mass is 224 g/mol. The van der Waals surface area contributed by atoms with Crippen molar-refractivity contribution in [3.8, 4) is 0 Å². The number of aromatic nitrogens is 2. The van der Waals surface area contributed by atoms with Crippen LogP contribution in [0.1, 0.15) is 25.5 Å². The molecule has 0 fully saturated rings. The lowest BCUT2D eigenvalue weighted by Gasteiger charge is -2.21. The van der Waals surface area contributed by atoms with Crippen LogP contribution in [-0.2, 0) is 13.5 Å². The van der Waals surface area contributed by atoms with Crippen LogP contribution < -0.4 is 5.73 Å². The Balaban J connectivity index is 2.34. The SMILES string of the molecule is CCCN(CCCN)CCc1ccnn1C. The van der Waals surface area contributed by atoms with Crippen molar-refractivity contribution in [1.82, 2.24) is 14.7 Å². The van der Waals surface area contributed by atoms with Crippen LogP contribution in [0.3, 0.4) is 0 Å². The van der Waals surface area contributed by atoms with Crippen molar-refractivity contribution in [2.75, 3.05) is 26.2 Å². The zero-order valence-corrected chi connectivity index (χ0v) is 10.5. The van der Waals surface area contributed by atoms with Crippen molar-refractivity contribution in [3.63, 3.8) is 0 Å². The van der Waals surface area contributed by atoms with Gasteiger partial charge in [0.05, 0.1) is 0 Å². The molecule has 0 aromatic carbocycles. The molecule has 0 saturated heterocycles. The first-order valence-corrected chi connectivity index (χ1v) is 6.17. The van der Waals surface area contributed by atoms with E-state index in [4.69, 9.17) is 5.73 Å². The van der Waals surface area contributed by atoms with Crippen LogP contribution in [0, 0.1) is 0 Å². The van der Waals surface area contributed by atoms with Gasteiger partial charge in [0, 0.05) is 31.9 Å². The molecule has 2 N–H and O–H groups in total. The quantitative estimate of drug-likeness (QED) is 0.717. The minimum Gasteiger partial charge on any atom is -0.330 e. The van der Waals surface area contributed by atoms with Gasteiger partial charge in [0.1, 0.15) is 0 Å². The summed E-state index contributed by atoms with van der Waals surface area (Å²) in [6.45, 7) is 6.39. The topological polar surface area (TPSA) is 47.1 Å². The van der Waals surface area contributed by atoms with E-state index < -0.39 is 0 Å². The third-order valence-electron chi connectivity index (χ3n) is 2.82. The van der Waals surface area contributed by atoms with Crippen LogP contribution in [0.15, 0.2) is 12.3 Å². The van der Waals surface area contributed by atoms with Gasteiger partial charge < -0.3 is 10.6 Å². The summed E-state index contributed by atoms with van der Waals surface area (Å²) in [4.78, 5) is 2.49. The predicted molar refractivity (Wildman–Crippen MR) is 67.3 cm³/mol. The van der Waals surface area contributed by atoms with Crippen molar-refractivity contribution in [2.45, 2.75) is 26.2 Å². The average molecular weight is 224 g/mol. The van der Waals surface area contributed by atoms with Gasteiger partial charge >= 0.3 is 0 Å². The molecule has 4 nitrogen and oxygen atoms in total. The predicted octanol–water partition coefficient (Wildman–Crippen LogP) is 1.02. The van der Waals surface area contributed by atoms with Crippen molar-refractivity contribution >= 4 is 0 Å². The second-order valence-corrected chi connectivity index (χ2v) is 4.18. The number of hydrogen-bond acceptors (Lipinski definition) is 3. The second-order valence-electron chi connectivity index (χ2n) is 4.18. The molecule has 0 aliphatic rings. The second kappa shape index (κ2) is 7.41. The molecule has 0 spiro atoms. The molecule has 92 valence electrons. The van der Waals surface area contributed by atoms with E-state index in [9.17, 15) is 0 Å². The Kier molecular flexibility index (Phi) is 6.11. The van der Waals surface area contributed by atoms with Crippen LogP contribution in [0.4, 0.5) is 0 Å². The number of nitrogens with zero attached hydrogens (tertiary/aromatic N) is 3. The van der Waals surface area contributed by atoms with Gasteiger partial charge in [-0.05, 0) is 38.5 Å². The Labute approximate surface area is 98.4 Å². The first kappa shape index (κ1) is 13.2. The van der Waals surface area contributed by atoms with Gasteiger partial charge in [-0.3, -0.25) is 4.68 Å². The summed E-state index contributed by atoms with van der Waals surface area (Å²) in [6, 6.07) is 2.09. The Morgan fingerprint density at radius 2 is 2.19 bits per heavy atom. The molecule has 0 aliphatic carbocycles. The molecule has 0 amide bonds. The molecule has 1 aromatic heterocycles. The number of hydrogen-bond donors (Lipinski definition) is 1. The molecule has 0 bridgehead atoms. The molecule has 16 heavy (non-hydrogen) atoms. The van der Waals surface area contributed by atoms with Gasteiger partial charge in [-0.1, -0.05) is 6.92 Å². The number of aryl methyl sites for hydroxylation is 1. The van der Waals surface area contributed by atoms with E-state index in [-0.39, 0.29) is 0 Å². The van der Waals surface area contributed by atoms with E-state index in [1.165, 1.54) is 12.1 Å². The molecule has 0 aliphatic heterocycles. The van der Waals surface area contributed by atoms with E-state index in [2.05, 4.69) is 23.0 Å². The Morgan fingerprint density at radius 3 is 2.75 bits per heavy atom. The highest BCUT2D eigenvalue weighted by Gasteiger charge is 2.05. The van der Waals surface area contributed by atoms with Gasteiger partial charge in [-0.25, -0.2) is 0 Å². The van der Waals surface area contributed by atoms with E-state index >= 15 is 0 Å². The molecular weight excluding hydrogens is 200 g/mol. The minimum atomic E-state index is 0.784. The summed E-state index contributed by atoms with van der Waals surface area (Å²) in [5, 5.41) is 4.18. The zero-order valence-electron chi connectivity index (χ0n) is 10.5. The van der Waals surface area contributed by atoms with Gasteiger partial charge in [0.15, 0.2) is 0 Å². The number of rotatable bonds is 8.